The lowest BCUT2D eigenvalue weighted by Crippen LogP contribution is -2.34. The number of ether oxygens (including phenoxy) is 1. The molecule has 2 atom stereocenters. The Bertz CT molecular complexity index is 167. The SMILES string of the molecule is CCNC(C=C(C)C)C1CCOC1. The Hall–Kier alpha value is -0.340. The van der Waals surface area contributed by atoms with Crippen molar-refractivity contribution in [2.75, 3.05) is 19.8 Å². The summed E-state index contributed by atoms with van der Waals surface area (Å²) in [5.74, 6) is 0.676. The topological polar surface area (TPSA) is 21.3 Å². The van der Waals surface area contributed by atoms with Gasteiger partial charge in [-0.2, -0.15) is 0 Å². The van der Waals surface area contributed by atoms with Gasteiger partial charge in [0.2, 0.25) is 0 Å². The number of rotatable bonds is 4. The molecule has 0 radical (unpaired) electrons. The van der Waals surface area contributed by atoms with E-state index in [1.807, 2.05) is 0 Å². The number of hydrogen-bond acceptors (Lipinski definition) is 2. The van der Waals surface area contributed by atoms with Crippen molar-refractivity contribution in [1.29, 1.82) is 0 Å². The Morgan fingerprint density at radius 1 is 1.62 bits per heavy atom. The van der Waals surface area contributed by atoms with Crippen LogP contribution in [-0.2, 0) is 4.74 Å². The molecule has 1 heterocycles. The van der Waals surface area contributed by atoms with Crippen LogP contribution in [0, 0.1) is 5.92 Å². The summed E-state index contributed by atoms with van der Waals surface area (Å²) >= 11 is 0. The van der Waals surface area contributed by atoms with Gasteiger partial charge in [0, 0.05) is 18.6 Å². The molecule has 1 saturated heterocycles. The van der Waals surface area contributed by atoms with Crippen LogP contribution in [0.3, 0.4) is 0 Å². The summed E-state index contributed by atoms with van der Waals surface area (Å²) in [6.07, 6.45) is 3.52. The van der Waals surface area contributed by atoms with E-state index >= 15 is 0 Å². The Morgan fingerprint density at radius 2 is 2.38 bits per heavy atom. The maximum Gasteiger partial charge on any atom is 0.0513 e. The lowest BCUT2D eigenvalue weighted by atomic mass is 9.97. The Balaban J connectivity index is 2.50. The van der Waals surface area contributed by atoms with Crippen molar-refractivity contribution in [1.82, 2.24) is 5.32 Å². The normalized spacial score (nSPS) is 24.4. The molecule has 0 aromatic heterocycles. The molecule has 0 aromatic carbocycles. The standard InChI is InChI=1S/C11H21NO/c1-4-12-11(7-9(2)3)10-5-6-13-8-10/h7,10-12H,4-6,8H2,1-3H3. The van der Waals surface area contributed by atoms with Gasteiger partial charge in [-0.05, 0) is 26.8 Å². The largest absolute Gasteiger partial charge is 0.381 e. The van der Waals surface area contributed by atoms with E-state index < -0.39 is 0 Å². The van der Waals surface area contributed by atoms with Crippen LogP contribution in [0.4, 0.5) is 0 Å². The molecule has 2 nitrogen and oxygen atoms in total. The van der Waals surface area contributed by atoms with Gasteiger partial charge in [0.15, 0.2) is 0 Å². The van der Waals surface area contributed by atoms with Gasteiger partial charge in [-0.15, -0.1) is 0 Å². The second kappa shape index (κ2) is 5.40. The molecule has 0 aliphatic carbocycles. The highest BCUT2D eigenvalue weighted by atomic mass is 16.5. The molecule has 1 aliphatic rings. The van der Waals surface area contributed by atoms with Crippen LogP contribution in [0.5, 0.6) is 0 Å². The molecule has 0 amide bonds. The smallest absolute Gasteiger partial charge is 0.0513 e. The van der Waals surface area contributed by atoms with E-state index in [1.165, 1.54) is 12.0 Å². The first-order valence-corrected chi connectivity index (χ1v) is 5.20. The van der Waals surface area contributed by atoms with Crippen molar-refractivity contribution in [3.63, 3.8) is 0 Å². The predicted octanol–water partition coefficient (Wildman–Crippen LogP) is 1.97. The monoisotopic (exact) mass is 183 g/mol. The second-order valence-electron chi connectivity index (χ2n) is 3.95. The number of allylic oxidation sites excluding steroid dienone is 1. The summed E-state index contributed by atoms with van der Waals surface area (Å²) in [5, 5.41) is 3.50. The van der Waals surface area contributed by atoms with Crippen molar-refractivity contribution in [3.8, 4) is 0 Å². The molecule has 1 aliphatic heterocycles. The molecule has 1 rings (SSSR count). The summed E-state index contributed by atoms with van der Waals surface area (Å²) in [5.41, 5.74) is 1.39. The minimum Gasteiger partial charge on any atom is -0.381 e. The Kier molecular flexibility index (Phi) is 4.46. The van der Waals surface area contributed by atoms with Gasteiger partial charge >= 0.3 is 0 Å². The predicted molar refractivity (Wildman–Crippen MR) is 55.8 cm³/mol. The zero-order chi connectivity index (χ0) is 9.68. The molecule has 2 unspecified atom stereocenters. The maximum atomic E-state index is 5.40. The minimum absolute atomic E-state index is 0.512. The van der Waals surface area contributed by atoms with Crippen molar-refractivity contribution < 1.29 is 4.74 Å². The van der Waals surface area contributed by atoms with Crippen LogP contribution in [0.2, 0.25) is 0 Å². The van der Waals surface area contributed by atoms with Crippen molar-refractivity contribution in [2.24, 2.45) is 5.92 Å². The lowest BCUT2D eigenvalue weighted by Gasteiger charge is -2.20. The molecule has 2 heteroatoms. The van der Waals surface area contributed by atoms with Gasteiger partial charge in [-0.3, -0.25) is 0 Å². The van der Waals surface area contributed by atoms with Crippen molar-refractivity contribution >= 4 is 0 Å². The molecule has 0 spiro atoms. The van der Waals surface area contributed by atoms with Gasteiger partial charge in [-0.1, -0.05) is 18.6 Å². The van der Waals surface area contributed by atoms with E-state index in [9.17, 15) is 0 Å². The molecule has 0 aromatic rings. The number of likely N-dealkylation sites (N-methyl/N-ethyl adjacent to an activating group) is 1. The van der Waals surface area contributed by atoms with E-state index in [0.29, 0.717) is 12.0 Å². The molecular weight excluding hydrogens is 162 g/mol. The fourth-order valence-electron chi connectivity index (χ4n) is 1.79. The van der Waals surface area contributed by atoms with Crippen LogP contribution in [-0.4, -0.2) is 25.8 Å². The van der Waals surface area contributed by atoms with Crippen LogP contribution in [0.15, 0.2) is 11.6 Å². The fourth-order valence-corrected chi connectivity index (χ4v) is 1.79. The fraction of sp³-hybridized carbons (Fsp3) is 0.818. The molecule has 0 bridgehead atoms. The Labute approximate surface area is 81.4 Å². The third-order valence-electron chi connectivity index (χ3n) is 2.43. The molecule has 0 saturated carbocycles. The zero-order valence-electron chi connectivity index (χ0n) is 8.97. The second-order valence-corrected chi connectivity index (χ2v) is 3.95. The van der Waals surface area contributed by atoms with Crippen LogP contribution < -0.4 is 5.32 Å². The third kappa shape index (κ3) is 3.49. The maximum absolute atomic E-state index is 5.40. The third-order valence-corrected chi connectivity index (χ3v) is 2.43. The van der Waals surface area contributed by atoms with Crippen LogP contribution in [0.1, 0.15) is 27.2 Å². The van der Waals surface area contributed by atoms with Crippen molar-refractivity contribution in [3.05, 3.63) is 11.6 Å². The van der Waals surface area contributed by atoms with Gasteiger partial charge in [-0.25, -0.2) is 0 Å². The summed E-state index contributed by atoms with van der Waals surface area (Å²) in [6, 6.07) is 0.512. The average molecular weight is 183 g/mol. The highest BCUT2D eigenvalue weighted by Crippen LogP contribution is 2.18. The highest BCUT2D eigenvalue weighted by Gasteiger charge is 2.22. The average Bonchev–Trinajstić information content (AvgIpc) is 2.54. The van der Waals surface area contributed by atoms with E-state index in [-0.39, 0.29) is 0 Å². The van der Waals surface area contributed by atoms with Gasteiger partial charge in [0.1, 0.15) is 0 Å². The van der Waals surface area contributed by atoms with Gasteiger partial charge < -0.3 is 10.1 Å². The van der Waals surface area contributed by atoms with Crippen LogP contribution in [0.25, 0.3) is 0 Å². The van der Waals surface area contributed by atoms with Gasteiger partial charge in [0.25, 0.3) is 0 Å². The number of hydrogen-bond donors (Lipinski definition) is 1. The van der Waals surface area contributed by atoms with E-state index in [0.717, 1.165) is 19.8 Å². The molecule has 13 heavy (non-hydrogen) atoms. The summed E-state index contributed by atoms with van der Waals surface area (Å²) in [4.78, 5) is 0. The zero-order valence-corrected chi connectivity index (χ0v) is 8.97. The van der Waals surface area contributed by atoms with Gasteiger partial charge in [0.05, 0.1) is 6.61 Å². The van der Waals surface area contributed by atoms with Crippen molar-refractivity contribution in [2.45, 2.75) is 33.2 Å². The minimum atomic E-state index is 0.512. The first-order chi connectivity index (χ1) is 6.24. The summed E-state index contributed by atoms with van der Waals surface area (Å²) in [6.45, 7) is 9.34. The first kappa shape index (κ1) is 10.7. The van der Waals surface area contributed by atoms with E-state index in [1.54, 1.807) is 0 Å². The van der Waals surface area contributed by atoms with E-state index in [4.69, 9.17) is 4.74 Å². The summed E-state index contributed by atoms with van der Waals surface area (Å²) in [7, 11) is 0. The quantitative estimate of drug-likeness (QED) is 0.673. The van der Waals surface area contributed by atoms with Crippen LogP contribution >= 0.6 is 0 Å². The molecular formula is C11H21NO. The lowest BCUT2D eigenvalue weighted by molar-refractivity contribution is 0.181. The highest BCUT2D eigenvalue weighted by molar-refractivity contribution is 5.03. The summed E-state index contributed by atoms with van der Waals surface area (Å²) < 4.78 is 5.40. The van der Waals surface area contributed by atoms with E-state index in [2.05, 4.69) is 32.2 Å². The first-order valence-electron chi connectivity index (χ1n) is 5.20. The Morgan fingerprint density at radius 3 is 2.85 bits per heavy atom. The molecule has 1 N–H and O–H groups in total. The molecule has 76 valence electrons. The molecule has 1 fully saturated rings. The number of nitrogens with one attached hydrogen (secondary N) is 1.